The summed E-state index contributed by atoms with van der Waals surface area (Å²) in [7, 11) is 0. The molecule has 6 heteroatoms. The number of ether oxygens (including phenoxy) is 1. The summed E-state index contributed by atoms with van der Waals surface area (Å²) in [5, 5.41) is 19.4. The lowest BCUT2D eigenvalue weighted by molar-refractivity contribution is 0.0984. The molecule has 6 nitrogen and oxygen atoms in total. The van der Waals surface area contributed by atoms with Crippen molar-refractivity contribution in [3.8, 4) is 5.75 Å². The number of hydrogen-bond donors (Lipinski definition) is 3. The number of nitrogens with zero attached hydrogens (tertiary/aromatic N) is 1. The molecule has 0 spiro atoms. The Morgan fingerprint density at radius 3 is 3.15 bits per heavy atom. The van der Waals surface area contributed by atoms with Gasteiger partial charge in [-0.1, -0.05) is 6.07 Å². The monoisotopic (exact) mass is 273 g/mol. The molecule has 0 fully saturated rings. The number of phenolic OH excluding ortho intramolecular Hbond substituents is 1. The van der Waals surface area contributed by atoms with Crippen LogP contribution in [0.2, 0.25) is 0 Å². The predicted molar refractivity (Wildman–Crippen MR) is 72.7 cm³/mol. The Morgan fingerprint density at radius 2 is 2.35 bits per heavy atom. The zero-order valence-electron chi connectivity index (χ0n) is 11.1. The first-order chi connectivity index (χ1) is 9.65. The molecule has 3 rings (SSSR count). The average molecular weight is 273 g/mol. The molecular weight excluding hydrogens is 258 g/mol. The van der Waals surface area contributed by atoms with Crippen LogP contribution in [0.5, 0.6) is 5.75 Å². The van der Waals surface area contributed by atoms with Crippen molar-refractivity contribution < 1.29 is 14.6 Å². The molecule has 0 saturated heterocycles. The number of amides is 1. The van der Waals surface area contributed by atoms with Gasteiger partial charge in [0.25, 0.3) is 5.91 Å². The van der Waals surface area contributed by atoms with E-state index in [9.17, 15) is 9.90 Å². The summed E-state index contributed by atoms with van der Waals surface area (Å²) >= 11 is 0. The van der Waals surface area contributed by atoms with E-state index in [0.717, 1.165) is 23.2 Å². The van der Waals surface area contributed by atoms with Gasteiger partial charge in [-0.3, -0.25) is 9.89 Å². The van der Waals surface area contributed by atoms with Gasteiger partial charge in [-0.2, -0.15) is 5.10 Å². The number of benzene rings is 1. The van der Waals surface area contributed by atoms with Crippen molar-refractivity contribution in [2.75, 3.05) is 11.9 Å². The number of fused-ring (bicyclic) bond motifs is 1. The number of carbonyl (C=O) groups is 1. The van der Waals surface area contributed by atoms with Crippen molar-refractivity contribution in [1.82, 2.24) is 10.2 Å². The molecule has 0 saturated carbocycles. The second kappa shape index (κ2) is 4.97. The number of carbonyl (C=O) groups excluding carboxylic acids is 1. The summed E-state index contributed by atoms with van der Waals surface area (Å²) in [6, 6.07) is 5.08. The first-order valence-corrected chi connectivity index (χ1v) is 6.40. The van der Waals surface area contributed by atoms with E-state index in [4.69, 9.17) is 4.74 Å². The molecule has 1 aliphatic rings. The normalized spacial score (nSPS) is 13.8. The molecule has 3 N–H and O–H groups in total. The first-order valence-electron chi connectivity index (χ1n) is 6.40. The highest BCUT2D eigenvalue weighted by atomic mass is 16.5. The number of H-pyrrole nitrogens is 1. The molecule has 1 aliphatic heterocycles. The quantitative estimate of drug-likeness (QED) is 0.727. The van der Waals surface area contributed by atoms with E-state index in [1.165, 1.54) is 0 Å². The van der Waals surface area contributed by atoms with E-state index in [0.29, 0.717) is 24.6 Å². The average Bonchev–Trinajstić information content (AvgIpc) is 2.86. The molecule has 104 valence electrons. The van der Waals surface area contributed by atoms with Gasteiger partial charge >= 0.3 is 0 Å². The van der Waals surface area contributed by atoms with Crippen LogP contribution in [0.3, 0.4) is 0 Å². The number of phenols is 1. The molecule has 0 aliphatic carbocycles. The summed E-state index contributed by atoms with van der Waals surface area (Å²) in [6.45, 7) is 2.89. The van der Waals surface area contributed by atoms with E-state index in [1.807, 2.05) is 13.0 Å². The highest BCUT2D eigenvalue weighted by molar-refractivity contribution is 6.04. The van der Waals surface area contributed by atoms with Crippen molar-refractivity contribution in [2.45, 2.75) is 20.0 Å². The molecule has 0 atom stereocenters. The minimum absolute atomic E-state index is 0.0407. The third-order valence-corrected chi connectivity index (χ3v) is 3.31. The minimum Gasteiger partial charge on any atom is -0.506 e. The van der Waals surface area contributed by atoms with Crippen LogP contribution < -0.4 is 5.32 Å². The number of aromatic hydroxyl groups is 1. The third kappa shape index (κ3) is 2.25. The lowest BCUT2D eigenvalue weighted by Crippen LogP contribution is -2.17. The SMILES string of the molecule is Cc1ccc(NC(=O)c2n[nH]c3c2COCC3)c(O)c1. The Labute approximate surface area is 115 Å². The topological polar surface area (TPSA) is 87.2 Å². The highest BCUT2D eigenvalue weighted by Gasteiger charge is 2.22. The van der Waals surface area contributed by atoms with Crippen LogP contribution in [0.25, 0.3) is 0 Å². The number of nitrogens with one attached hydrogen (secondary N) is 2. The van der Waals surface area contributed by atoms with Gasteiger partial charge in [0.2, 0.25) is 0 Å². The molecule has 0 bridgehead atoms. The second-order valence-electron chi connectivity index (χ2n) is 4.81. The summed E-state index contributed by atoms with van der Waals surface area (Å²) in [6.07, 6.45) is 0.728. The number of aromatic nitrogens is 2. The fourth-order valence-corrected chi connectivity index (χ4v) is 2.23. The Bertz CT molecular complexity index is 664. The number of aromatic amines is 1. The molecule has 1 aromatic carbocycles. The molecule has 20 heavy (non-hydrogen) atoms. The zero-order chi connectivity index (χ0) is 14.1. The third-order valence-electron chi connectivity index (χ3n) is 3.31. The maximum Gasteiger partial charge on any atom is 0.276 e. The van der Waals surface area contributed by atoms with Gasteiger partial charge in [0.15, 0.2) is 5.69 Å². The van der Waals surface area contributed by atoms with E-state index in [-0.39, 0.29) is 11.7 Å². The Hall–Kier alpha value is -2.34. The summed E-state index contributed by atoms with van der Waals surface area (Å²) in [5.74, 6) is -0.314. The number of rotatable bonds is 2. The van der Waals surface area contributed by atoms with Crippen LogP contribution in [0.15, 0.2) is 18.2 Å². The molecule has 1 aromatic heterocycles. The van der Waals surface area contributed by atoms with E-state index < -0.39 is 0 Å². The minimum atomic E-state index is -0.354. The highest BCUT2D eigenvalue weighted by Crippen LogP contribution is 2.25. The van der Waals surface area contributed by atoms with Gasteiger partial charge in [0.1, 0.15) is 5.75 Å². The van der Waals surface area contributed by atoms with Gasteiger partial charge in [0, 0.05) is 17.7 Å². The van der Waals surface area contributed by atoms with Crippen molar-refractivity contribution in [3.63, 3.8) is 0 Å². The molecular formula is C14H15N3O3. The number of hydrogen-bond acceptors (Lipinski definition) is 4. The summed E-state index contributed by atoms with van der Waals surface area (Å²) in [5.41, 5.74) is 3.34. The van der Waals surface area contributed by atoms with Crippen LogP contribution in [0.4, 0.5) is 5.69 Å². The van der Waals surface area contributed by atoms with Crippen LogP contribution in [-0.2, 0) is 17.8 Å². The van der Waals surface area contributed by atoms with Crippen molar-refractivity contribution in [1.29, 1.82) is 0 Å². The van der Waals surface area contributed by atoms with Crippen molar-refractivity contribution in [2.24, 2.45) is 0 Å². The maximum absolute atomic E-state index is 12.2. The van der Waals surface area contributed by atoms with Gasteiger partial charge in [-0.05, 0) is 24.6 Å². The molecule has 2 heterocycles. The van der Waals surface area contributed by atoms with Crippen LogP contribution in [0.1, 0.15) is 27.3 Å². The maximum atomic E-state index is 12.2. The summed E-state index contributed by atoms with van der Waals surface area (Å²) in [4.78, 5) is 12.2. The standard InChI is InChI=1S/C14H15N3O3/c1-8-2-3-11(12(18)6-8)15-14(19)13-9-7-20-5-4-10(9)16-17-13/h2-3,6,18H,4-5,7H2,1H3,(H,15,19)(H,16,17). The van der Waals surface area contributed by atoms with Gasteiger partial charge in [0.05, 0.1) is 18.9 Å². The zero-order valence-corrected chi connectivity index (χ0v) is 11.1. The molecule has 0 radical (unpaired) electrons. The van der Waals surface area contributed by atoms with Crippen LogP contribution >= 0.6 is 0 Å². The van der Waals surface area contributed by atoms with Gasteiger partial charge < -0.3 is 15.2 Å². The van der Waals surface area contributed by atoms with Crippen LogP contribution in [0, 0.1) is 6.92 Å². The smallest absolute Gasteiger partial charge is 0.276 e. The van der Waals surface area contributed by atoms with E-state index >= 15 is 0 Å². The Morgan fingerprint density at radius 1 is 1.50 bits per heavy atom. The lowest BCUT2D eigenvalue weighted by atomic mass is 10.1. The largest absolute Gasteiger partial charge is 0.506 e. The Kier molecular flexibility index (Phi) is 3.15. The van der Waals surface area contributed by atoms with E-state index in [2.05, 4.69) is 15.5 Å². The van der Waals surface area contributed by atoms with Crippen molar-refractivity contribution in [3.05, 3.63) is 40.7 Å². The number of anilines is 1. The Balaban J connectivity index is 1.84. The second-order valence-corrected chi connectivity index (χ2v) is 4.81. The van der Waals surface area contributed by atoms with Gasteiger partial charge in [-0.15, -0.1) is 0 Å². The number of aryl methyl sites for hydroxylation is 1. The van der Waals surface area contributed by atoms with Crippen LogP contribution in [-0.4, -0.2) is 27.8 Å². The summed E-state index contributed by atoms with van der Waals surface area (Å²) < 4.78 is 5.35. The van der Waals surface area contributed by atoms with E-state index in [1.54, 1.807) is 12.1 Å². The predicted octanol–water partition coefficient (Wildman–Crippen LogP) is 1.75. The molecule has 2 aromatic rings. The fraction of sp³-hybridized carbons (Fsp3) is 0.286. The first kappa shape index (κ1) is 12.7. The fourth-order valence-electron chi connectivity index (χ4n) is 2.23. The van der Waals surface area contributed by atoms with Crippen molar-refractivity contribution >= 4 is 11.6 Å². The lowest BCUT2D eigenvalue weighted by Gasteiger charge is -2.12. The van der Waals surface area contributed by atoms with Gasteiger partial charge in [-0.25, -0.2) is 0 Å². The molecule has 1 amide bonds. The molecule has 0 unspecified atom stereocenters.